The fourth-order valence-electron chi connectivity index (χ4n) is 2.61. The molecule has 5 nitrogen and oxygen atoms in total. The largest absolute Gasteiger partial charge is 0.390 e. The molecule has 0 bridgehead atoms. The van der Waals surface area contributed by atoms with Gasteiger partial charge in [-0.3, -0.25) is 4.98 Å². The zero-order valence-corrected chi connectivity index (χ0v) is 11.3. The summed E-state index contributed by atoms with van der Waals surface area (Å²) in [6.45, 7) is 3.78. The standard InChI is InChI=1S/C14H22N2O3/c1-14(2,19)8-16-12-10(7-11(17)13(12)18)9-3-5-15-6-4-9/h3-6,10-13,16-19H,7-8H2,1-2H3. The minimum atomic E-state index is -0.851. The molecule has 0 amide bonds. The molecule has 1 heterocycles. The molecule has 1 aliphatic carbocycles. The van der Waals surface area contributed by atoms with E-state index in [9.17, 15) is 15.3 Å². The molecule has 1 saturated carbocycles. The van der Waals surface area contributed by atoms with Gasteiger partial charge in [0.25, 0.3) is 0 Å². The van der Waals surface area contributed by atoms with Crippen LogP contribution in [0.15, 0.2) is 24.5 Å². The molecule has 0 saturated heterocycles. The molecular weight excluding hydrogens is 244 g/mol. The first-order valence-corrected chi connectivity index (χ1v) is 6.60. The van der Waals surface area contributed by atoms with Crippen LogP contribution in [0.5, 0.6) is 0 Å². The van der Waals surface area contributed by atoms with Crippen molar-refractivity contribution >= 4 is 0 Å². The molecule has 19 heavy (non-hydrogen) atoms. The number of hydrogen-bond acceptors (Lipinski definition) is 5. The fraction of sp³-hybridized carbons (Fsp3) is 0.643. The normalized spacial score (nSPS) is 31.6. The van der Waals surface area contributed by atoms with Gasteiger partial charge in [0.15, 0.2) is 0 Å². The summed E-state index contributed by atoms with van der Waals surface area (Å²) in [6.07, 6.45) is 2.37. The molecule has 1 aromatic rings. The molecule has 4 unspecified atom stereocenters. The van der Waals surface area contributed by atoms with Crippen molar-refractivity contribution in [2.75, 3.05) is 6.54 Å². The molecular formula is C14H22N2O3. The van der Waals surface area contributed by atoms with Gasteiger partial charge in [-0.05, 0) is 38.0 Å². The smallest absolute Gasteiger partial charge is 0.0957 e. The number of rotatable bonds is 4. The lowest BCUT2D eigenvalue weighted by molar-refractivity contribution is 0.0212. The van der Waals surface area contributed by atoms with Crippen molar-refractivity contribution in [2.24, 2.45) is 0 Å². The van der Waals surface area contributed by atoms with Crippen LogP contribution in [0.4, 0.5) is 0 Å². The van der Waals surface area contributed by atoms with Crippen molar-refractivity contribution in [3.63, 3.8) is 0 Å². The minimum absolute atomic E-state index is 0.0235. The predicted octanol–water partition coefficient (Wildman–Crippen LogP) is 0.0198. The van der Waals surface area contributed by atoms with Gasteiger partial charge >= 0.3 is 0 Å². The first kappa shape index (κ1) is 14.4. The lowest BCUT2D eigenvalue weighted by Gasteiger charge is -2.27. The highest BCUT2D eigenvalue weighted by Gasteiger charge is 2.42. The van der Waals surface area contributed by atoms with Crippen molar-refractivity contribution in [3.05, 3.63) is 30.1 Å². The highest BCUT2D eigenvalue weighted by Crippen LogP contribution is 2.35. The van der Waals surface area contributed by atoms with Crippen LogP contribution in [0.2, 0.25) is 0 Å². The quantitative estimate of drug-likeness (QED) is 0.617. The number of nitrogens with one attached hydrogen (secondary N) is 1. The van der Waals surface area contributed by atoms with E-state index in [4.69, 9.17) is 0 Å². The Morgan fingerprint density at radius 3 is 2.53 bits per heavy atom. The van der Waals surface area contributed by atoms with E-state index in [1.807, 2.05) is 12.1 Å². The summed E-state index contributed by atoms with van der Waals surface area (Å²) in [5.41, 5.74) is 0.189. The van der Waals surface area contributed by atoms with Crippen molar-refractivity contribution in [2.45, 2.75) is 50.0 Å². The predicted molar refractivity (Wildman–Crippen MR) is 71.7 cm³/mol. The first-order chi connectivity index (χ1) is 8.88. The zero-order chi connectivity index (χ0) is 14.0. The highest BCUT2D eigenvalue weighted by molar-refractivity contribution is 5.22. The maximum absolute atomic E-state index is 10.1. The van der Waals surface area contributed by atoms with Crippen LogP contribution < -0.4 is 5.32 Å². The molecule has 106 valence electrons. The summed E-state index contributed by atoms with van der Waals surface area (Å²) >= 11 is 0. The lowest BCUT2D eigenvalue weighted by Crippen LogP contribution is -2.47. The molecule has 0 aromatic carbocycles. The van der Waals surface area contributed by atoms with Crippen LogP contribution in [-0.2, 0) is 0 Å². The monoisotopic (exact) mass is 266 g/mol. The summed E-state index contributed by atoms with van der Waals surface area (Å²) in [5.74, 6) is 0.0235. The molecule has 1 aliphatic rings. The maximum Gasteiger partial charge on any atom is 0.0957 e. The third-order valence-corrected chi connectivity index (χ3v) is 3.60. The van der Waals surface area contributed by atoms with Gasteiger partial charge in [0.05, 0.1) is 17.8 Å². The van der Waals surface area contributed by atoms with Gasteiger partial charge in [-0.1, -0.05) is 0 Å². The van der Waals surface area contributed by atoms with Gasteiger partial charge in [-0.2, -0.15) is 0 Å². The van der Waals surface area contributed by atoms with Crippen LogP contribution >= 0.6 is 0 Å². The molecule has 1 fully saturated rings. The number of aliphatic hydroxyl groups is 3. The van der Waals surface area contributed by atoms with Crippen LogP contribution in [0, 0.1) is 0 Å². The molecule has 5 heteroatoms. The summed E-state index contributed by atoms with van der Waals surface area (Å²) in [6, 6.07) is 3.53. The Kier molecular flexibility index (Phi) is 4.20. The number of hydrogen-bond donors (Lipinski definition) is 4. The molecule has 4 N–H and O–H groups in total. The van der Waals surface area contributed by atoms with Crippen LogP contribution in [-0.4, -0.2) is 50.7 Å². The Morgan fingerprint density at radius 1 is 1.32 bits per heavy atom. The van der Waals surface area contributed by atoms with Crippen molar-refractivity contribution in [3.8, 4) is 0 Å². The van der Waals surface area contributed by atoms with Crippen LogP contribution in [0.1, 0.15) is 31.7 Å². The Balaban J connectivity index is 2.13. The summed E-state index contributed by atoms with van der Waals surface area (Å²) in [4.78, 5) is 3.98. The Labute approximate surface area is 113 Å². The van der Waals surface area contributed by atoms with E-state index in [-0.39, 0.29) is 12.0 Å². The average Bonchev–Trinajstić information content (AvgIpc) is 2.64. The molecule has 4 atom stereocenters. The second-order valence-electron chi connectivity index (χ2n) is 5.90. The van der Waals surface area contributed by atoms with Gasteiger partial charge in [-0.25, -0.2) is 0 Å². The van der Waals surface area contributed by atoms with Gasteiger partial charge in [0.1, 0.15) is 0 Å². The van der Waals surface area contributed by atoms with Gasteiger partial charge in [-0.15, -0.1) is 0 Å². The third kappa shape index (κ3) is 3.51. The summed E-state index contributed by atoms with van der Waals surface area (Å²) < 4.78 is 0. The lowest BCUT2D eigenvalue weighted by atomic mass is 9.94. The second-order valence-corrected chi connectivity index (χ2v) is 5.90. The van der Waals surface area contributed by atoms with Crippen molar-refractivity contribution in [1.82, 2.24) is 10.3 Å². The second kappa shape index (κ2) is 5.54. The number of aromatic nitrogens is 1. The van der Waals surface area contributed by atoms with Crippen LogP contribution in [0.25, 0.3) is 0 Å². The Hall–Kier alpha value is -1.01. The average molecular weight is 266 g/mol. The van der Waals surface area contributed by atoms with Crippen LogP contribution in [0.3, 0.4) is 0 Å². The highest BCUT2D eigenvalue weighted by atomic mass is 16.3. The van der Waals surface area contributed by atoms with Gasteiger partial charge < -0.3 is 20.6 Å². The first-order valence-electron chi connectivity index (χ1n) is 6.60. The SMILES string of the molecule is CC(C)(O)CNC1C(c2ccncc2)CC(O)C1O. The molecule has 0 aliphatic heterocycles. The van der Waals surface area contributed by atoms with Gasteiger partial charge in [0.2, 0.25) is 0 Å². The Bertz CT molecular complexity index is 405. The molecule has 0 radical (unpaired) electrons. The van der Waals surface area contributed by atoms with E-state index < -0.39 is 17.8 Å². The number of nitrogens with zero attached hydrogens (tertiary/aromatic N) is 1. The van der Waals surface area contributed by atoms with E-state index in [0.717, 1.165) is 5.56 Å². The van der Waals surface area contributed by atoms with Gasteiger partial charge in [0, 0.05) is 30.9 Å². The van der Waals surface area contributed by atoms with E-state index >= 15 is 0 Å². The molecule has 1 aromatic heterocycles. The molecule has 0 spiro atoms. The third-order valence-electron chi connectivity index (χ3n) is 3.60. The fourth-order valence-corrected chi connectivity index (χ4v) is 2.61. The minimum Gasteiger partial charge on any atom is -0.390 e. The number of pyridine rings is 1. The topological polar surface area (TPSA) is 85.6 Å². The Morgan fingerprint density at radius 2 is 1.95 bits per heavy atom. The van der Waals surface area contributed by atoms with E-state index in [2.05, 4.69) is 10.3 Å². The van der Waals surface area contributed by atoms with Crippen molar-refractivity contribution in [1.29, 1.82) is 0 Å². The summed E-state index contributed by atoms with van der Waals surface area (Å²) in [5, 5.41) is 32.9. The maximum atomic E-state index is 10.1. The van der Waals surface area contributed by atoms with E-state index in [1.54, 1.807) is 26.2 Å². The number of aliphatic hydroxyl groups excluding tert-OH is 2. The summed E-state index contributed by atoms with van der Waals surface area (Å²) in [7, 11) is 0. The van der Waals surface area contributed by atoms with E-state index in [0.29, 0.717) is 13.0 Å². The van der Waals surface area contributed by atoms with Crippen molar-refractivity contribution < 1.29 is 15.3 Å². The molecule has 2 rings (SSSR count). The zero-order valence-electron chi connectivity index (χ0n) is 11.3. The van der Waals surface area contributed by atoms with E-state index in [1.165, 1.54) is 0 Å².